The Morgan fingerprint density at radius 1 is 1.42 bits per heavy atom. The van der Waals surface area contributed by atoms with E-state index in [-0.39, 0.29) is 13.2 Å². The molecule has 0 radical (unpaired) electrons. The molecule has 0 aliphatic heterocycles. The molecule has 0 saturated carbocycles. The van der Waals surface area contributed by atoms with Gasteiger partial charge in [-0.15, -0.1) is 0 Å². The smallest absolute Gasteiger partial charge is 0.328 e. The molecule has 1 rings (SSSR count). The Bertz CT molecular complexity index is 470. The van der Waals surface area contributed by atoms with Gasteiger partial charge in [0.15, 0.2) is 11.5 Å². The normalized spacial score (nSPS) is 10.7. The Morgan fingerprint density at radius 3 is 2.74 bits per heavy atom. The first kappa shape index (κ1) is 15.3. The van der Waals surface area contributed by atoms with Gasteiger partial charge in [0.1, 0.15) is 6.61 Å². The molecule has 0 unspecified atom stereocenters. The second-order valence-electron chi connectivity index (χ2n) is 3.51. The van der Waals surface area contributed by atoms with E-state index >= 15 is 0 Å². The summed E-state index contributed by atoms with van der Waals surface area (Å²) in [5.41, 5.74) is 0.590. The Hall–Kier alpha value is -1.72. The van der Waals surface area contributed by atoms with Gasteiger partial charge in [0.25, 0.3) is 0 Å². The molecule has 0 amide bonds. The summed E-state index contributed by atoms with van der Waals surface area (Å²) in [5.74, 6) is -0.298. The van der Waals surface area contributed by atoms with Crippen molar-refractivity contribution in [1.29, 1.82) is 0 Å². The van der Waals surface area contributed by atoms with Crippen LogP contribution < -0.4 is 9.47 Å². The summed E-state index contributed by atoms with van der Waals surface area (Å²) >= 11 is 6.05. The number of aliphatic hydroxyl groups is 1. The fourth-order valence-corrected chi connectivity index (χ4v) is 1.68. The Kier molecular flexibility index (Phi) is 6.18. The van der Waals surface area contributed by atoms with Gasteiger partial charge in [-0.1, -0.05) is 11.6 Å². The molecule has 2 N–H and O–H groups in total. The molecule has 1 aromatic rings. The van der Waals surface area contributed by atoms with Gasteiger partial charge in [-0.05, 0) is 30.7 Å². The molecule has 1 aromatic carbocycles. The molecule has 0 fully saturated rings. The van der Waals surface area contributed by atoms with Crippen LogP contribution in [0.2, 0.25) is 5.02 Å². The molecule has 0 aromatic heterocycles. The molecule has 0 atom stereocenters. The summed E-state index contributed by atoms with van der Waals surface area (Å²) in [5, 5.41) is 17.6. The maximum Gasteiger partial charge on any atom is 0.328 e. The fraction of sp³-hybridized carbons (Fsp3) is 0.308. The van der Waals surface area contributed by atoms with Gasteiger partial charge in [-0.2, -0.15) is 0 Å². The van der Waals surface area contributed by atoms with E-state index in [4.69, 9.17) is 31.3 Å². The quantitative estimate of drug-likeness (QED) is 0.752. The molecule has 5 nitrogen and oxygen atoms in total. The SMILES string of the molecule is CCOc1cc(/C=C/C(=O)O)cc(Cl)c1OCCO. The largest absolute Gasteiger partial charge is 0.490 e. The molecule has 0 spiro atoms. The fourth-order valence-electron chi connectivity index (χ4n) is 1.40. The van der Waals surface area contributed by atoms with Gasteiger partial charge < -0.3 is 19.7 Å². The van der Waals surface area contributed by atoms with Crippen LogP contribution in [-0.4, -0.2) is 36.0 Å². The van der Waals surface area contributed by atoms with Crippen molar-refractivity contribution in [3.8, 4) is 11.5 Å². The number of carboxylic acid groups (broad SMARTS) is 1. The van der Waals surface area contributed by atoms with E-state index in [1.807, 2.05) is 6.92 Å². The van der Waals surface area contributed by atoms with E-state index in [9.17, 15) is 4.79 Å². The second kappa shape index (κ2) is 7.66. The van der Waals surface area contributed by atoms with Crippen LogP contribution >= 0.6 is 11.6 Å². The Morgan fingerprint density at radius 2 is 2.16 bits per heavy atom. The molecule has 0 heterocycles. The molecule has 104 valence electrons. The Balaban J connectivity index is 3.08. The minimum atomic E-state index is -1.05. The lowest BCUT2D eigenvalue weighted by atomic mass is 10.2. The van der Waals surface area contributed by atoms with E-state index < -0.39 is 5.97 Å². The third kappa shape index (κ3) is 4.81. The van der Waals surface area contributed by atoms with Crippen LogP contribution in [0.5, 0.6) is 11.5 Å². The zero-order valence-corrected chi connectivity index (χ0v) is 11.2. The highest BCUT2D eigenvalue weighted by Gasteiger charge is 2.11. The van der Waals surface area contributed by atoms with E-state index in [2.05, 4.69) is 0 Å². The van der Waals surface area contributed by atoms with Gasteiger partial charge in [0.2, 0.25) is 0 Å². The lowest BCUT2D eigenvalue weighted by Crippen LogP contribution is -2.04. The van der Waals surface area contributed by atoms with Crippen molar-refractivity contribution in [3.05, 3.63) is 28.8 Å². The summed E-state index contributed by atoms with van der Waals surface area (Å²) in [6.07, 6.45) is 2.42. The molecule has 6 heteroatoms. The number of aliphatic carboxylic acids is 1. The average Bonchev–Trinajstić information content (AvgIpc) is 2.36. The third-order valence-corrected chi connectivity index (χ3v) is 2.37. The molecule has 19 heavy (non-hydrogen) atoms. The minimum Gasteiger partial charge on any atom is -0.490 e. The number of halogens is 1. The highest BCUT2D eigenvalue weighted by atomic mass is 35.5. The summed E-state index contributed by atoms with van der Waals surface area (Å²) in [7, 11) is 0. The number of ether oxygens (including phenoxy) is 2. The second-order valence-corrected chi connectivity index (χ2v) is 3.91. The lowest BCUT2D eigenvalue weighted by molar-refractivity contribution is -0.131. The van der Waals surface area contributed by atoms with Gasteiger partial charge in [0, 0.05) is 6.08 Å². The number of hydrogen-bond donors (Lipinski definition) is 2. The molecule has 0 saturated heterocycles. The zero-order chi connectivity index (χ0) is 14.3. The van der Waals surface area contributed by atoms with Crippen LogP contribution in [0.3, 0.4) is 0 Å². The first-order valence-corrected chi connectivity index (χ1v) is 6.07. The monoisotopic (exact) mass is 286 g/mol. The lowest BCUT2D eigenvalue weighted by Gasteiger charge is -2.13. The van der Waals surface area contributed by atoms with Crippen LogP contribution in [0.4, 0.5) is 0 Å². The molecule has 0 aliphatic rings. The van der Waals surface area contributed by atoms with Crippen LogP contribution in [-0.2, 0) is 4.79 Å². The van der Waals surface area contributed by atoms with Crippen molar-refractivity contribution in [2.75, 3.05) is 19.8 Å². The van der Waals surface area contributed by atoms with Crippen LogP contribution in [0.25, 0.3) is 6.08 Å². The number of aliphatic hydroxyl groups excluding tert-OH is 1. The van der Waals surface area contributed by atoms with Crippen molar-refractivity contribution >= 4 is 23.6 Å². The maximum absolute atomic E-state index is 10.5. The number of rotatable bonds is 7. The van der Waals surface area contributed by atoms with Crippen LogP contribution in [0.15, 0.2) is 18.2 Å². The van der Waals surface area contributed by atoms with Gasteiger partial charge in [-0.25, -0.2) is 4.79 Å². The molecule has 0 aliphatic carbocycles. The highest BCUT2D eigenvalue weighted by Crippen LogP contribution is 2.37. The van der Waals surface area contributed by atoms with E-state index in [1.54, 1.807) is 12.1 Å². The van der Waals surface area contributed by atoms with Crippen LogP contribution in [0, 0.1) is 0 Å². The number of carboxylic acids is 1. The minimum absolute atomic E-state index is 0.101. The van der Waals surface area contributed by atoms with E-state index in [0.717, 1.165) is 6.08 Å². The predicted molar refractivity (Wildman–Crippen MR) is 71.9 cm³/mol. The average molecular weight is 287 g/mol. The molecular formula is C13H15ClO5. The van der Waals surface area contributed by atoms with Gasteiger partial charge >= 0.3 is 5.97 Å². The van der Waals surface area contributed by atoms with Crippen molar-refractivity contribution in [2.24, 2.45) is 0 Å². The topological polar surface area (TPSA) is 76.0 Å². The first-order valence-electron chi connectivity index (χ1n) is 5.69. The Labute approximate surface area is 116 Å². The summed E-state index contributed by atoms with van der Waals surface area (Å²) in [6, 6.07) is 3.19. The number of benzene rings is 1. The van der Waals surface area contributed by atoms with Gasteiger partial charge in [-0.3, -0.25) is 0 Å². The van der Waals surface area contributed by atoms with Crippen molar-refractivity contribution in [2.45, 2.75) is 6.92 Å². The first-order chi connectivity index (χ1) is 9.08. The van der Waals surface area contributed by atoms with E-state index in [0.29, 0.717) is 28.7 Å². The molecule has 0 bridgehead atoms. The van der Waals surface area contributed by atoms with E-state index in [1.165, 1.54) is 6.08 Å². The summed E-state index contributed by atoms with van der Waals surface area (Å²) < 4.78 is 10.7. The van der Waals surface area contributed by atoms with Gasteiger partial charge in [0.05, 0.1) is 18.2 Å². The molecular weight excluding hydrogens is 272 g/mol. The number of carbonyl (C=O) groups is 1. The third-order valence-electron chi connectivity index (χ3n) is 2.09. The summed E-state index contributed by atoms with van der Waals surface area (Å²) in [6.45, 7) is 2.19. The maximum atomic E-state index is 10.5. The van der Waals surface area contributed by atoms with Crippen LogP contribution in [0.1, 0.15) is 12.5 Å². The van der Waals surface area contributed by atoms with Crippen molar-refractivity contribution in [1.82, 2.24) is 0 Å². The summed E-state index contributed by atoms with van der Waals surface area (Å²) in [4.78, 5) is 10.5. The van der Waals surface area contributed by atoms with Crippen molar-refractivity contribution in [3.63, 3.8) is 0 Å². The van der Waals surface area contributed by atoms with Crippen molar-refractivity contribution < 1.29 is 24.5 Å². The zero-order valence-electron chi connectivity index (χ0n) is 10.4. The predicted octanol–water partition coefficient (Wildman–Crippen LogP) is 2.21. The standard InChI is InChI=1S/C13H15ClO5/c1-2-18-11-8-9(3-4-12(16)17)7-10(14)13(11)19-6-5-15/h3-4,7-8,15H,2,5-6H2,1H3,(H,16,17)/b4-3+. The number of hydrogen-bond acceptors (Lipinski definition) is 4. The highest BCUT2D eigenvalue weighted by molar-refractivity contribution is 6.32.